The topological polar surface area (TPSA) is 20.2 Å². The lowest BCUT2D eigenvalue weighted by Gasteiger charge is -2.41. The molecule has 0 aromatic heterocycles. The van der Waals surface area contributed by atoms with Crippen molar-refractivity contribution >= 4 is 0 Å². The molecular formula is C18H26O. The number of fused-ring (bicyclic) bond motifs is 1. The van der Waals surface area contributed by atoms with Crippen LogP contribution in [0.1, 0.15) is 56.2 Å². The fourth-order valence-corrected chi connectivity index (χ4v) is 4.04. The molecule has 1 aromatic rings. The minimum Gasteiger partial charge on any atom is -0.389 e. The van der Waals surface area contributed by atoms with Crippen molar-refractivity contribution in [1.82, 2.24) is 0 Å². The monoisotopic (exact) mass is 258 g/mol. The Labute approximate surface area is 117 Å². The van der Waals surface area contributed by atoms with E-state index in [0.29, 0.717) is 11.8 Å². The largest absolute Gasteiger partial charge is 0.389 e. The van der Waals surface area contributed by atoms with Crippen molar-refractivity contribution in [1.29, 1.82) is 0 Å². The summed E-state index contributed by atoms with van der Waals surface area (Å²) in [5.41, 5.74) is 3.91. The highest BCUT2D eigenvalue weighted by Gasteiger charge is 2.38. The Morgan fingerprint density at radius 3 is 2.79 bits per heavy atom. The fourth-order valence-electron chi connectivity index (χ4n) is 4.04. The van der Waals surface area contributed by atoms with Crippen molar-refractivity contribution in [3.8, 4) is 0 Å². The van der Waals surface area contributed by atoms with Gasteiger partial charge in [-0.3, -0.25) is 0 Å². The molecule has 0 radical (unpaired) electrons. The van der Waals surface area contributed by atoms with Crippen LogP contribution in [-0.2, 0) is 19.3 Å². The van der Waals surface area contributed by atoms with Crippen molar-refractivity contribution in [3.63, 3.8) is 0 Å². The number of hydrogen-bond donors (Lipinski definition) is 1. The summed E-state index contributed by atoms with van der Waals surface area (Å²) in [5.74, 6) is 1.09. The van der Waals surface area contributed by atoms with Crippen molar-refractivity contribution in [2.24, 2.45) is 11.8 Å². The summed E-state index contributed by atoms with van der Waals surface area (Å²) in [6, 6.07) is 6.89. The van der Waals surface area contributed by atoms with Crippen LogP contribution < -0.4 is 0 Å². The number of hydrogen-bond acceptors (Lipinski definition) is 1. The highest BCUT2D eigenvalue weighted by Crippen LogP contribution is 2.39. The quantitative estimate of drug-likeness (QED) is 0.853. The summed E-state index contributed by atoms with van der Waals surface area (Å²) in [5, 5.41) is 11.0. The molecule has 1 nitrogen and oxygen atoms in total. The molecule has 0 saturated heterocycles. The summed E-state index contributed by atoms with van der Waals surface area (Å²) in [7, 11) is 0. The summed E-state index contributed by atoms with van der Waals surface area (Å²) in [6.07, 6.45) is 8.02. The summed E-state index contributed by atoms with van der Waals surface area (Å²) in [4.78, 5) is 0. The lowest BCUT2D eigenvalue weighted by atomic mass is 9.69. The number of aliphatic hydroxyl groups is 1. The van der Waals surface area contributed by atoms with E-state index in [1.54, 1.807) is 0 Å². The highest BCUT2D eigenvalue weighted by atomic mass is 16.3. The third kappa shape index (κ3) is 2.58. The van der Waals surface area contributed by atoms with Gasteiger partial charge in [0.2, 0.25) is 0 Å². The number of benzene rings is 1. The Kier molecular flexibility index (Phi) is 3.42. The lowest BCUT2D eigenvalue weighted by Crippen LogP contribution is -2.43. The maximum Gasteiger partial charge on any atom is 0.0715 e. The van der Waals surface area contributed by atoms with Crippen molar-refractivity contribution in [3.05, 3.63) is 34.9 Å². The molecule has 1 N–H and O–H groups in total. The maximum absolute atomic E-state index is 11.0. The maximum atomic E-state index is 11.0. The first kappa shape index (κ1) is 13.2. The normalized spacial score (nSPS) is 34.3. The zero-order chi connectivity index (χ0) is 13.5. The van der Waals surface area contributed by atoms with Gasteiger partial charge in [0.1, 0.15) is 0 Å². The molecular weight excluding hydrogens is 232 g/mol. The minimum atomic E-state index is -0.482. The van der Waals surface area contributed by atoms with E-state index >= 15 is 0 Å². The fraction of sp³-hybridized carbons (Fsp3) is 0.667. The van der Waals surface area contributed by atoms with E-state index in [9.17, 15) is 5.11 Å². The molecule has 3 atom stereocenters. The van der Waals surface area contributed by atoms with E-state index < -0.39 is 5.60 Å². The van der Waals surface area contributed by atoms with Gasteiger partial charge in [-0.15, -0.1) is 0 Å². The van der Waals surface area contributed by atoms with Gasteiger partial charge in [0, 0.05) is 6.42 Å². The highest BCUT2D eigenvalue weighted by molar-refractivity contribution is 5.36. The van der Waals surface area contributed by atoms with Crippen LogP contribution in [0, 0.1) is 11.8 Å². The van der Waals surface area contributed by atoms with Gasteiger partial charge in [-0.2, -0.15) is 0 Å². The third-order valence-electron chi connectivity index (χ3n) is 5.38. The zero-order valence-corrected chi connectivity index (χ0v) is 12.3. The molecule has 1 fully saturated rings. The van der Waals surface area contributed by atoms with Crippen molar-refractivity contribution in [2.45, 2.75) is 64.4 Å². The van der Waals surface area contributed by atoms with E-state index in [-0.39, 0.29) is 0 Å². The number of rotatable bonds is 2. The van der Waals surface area contributed by atoms with E-state index in [1.807, 2.05) is 0 Å². The van der Waals surface area contributed by atoms with Crippen LogP contribution in [-0.4, -0.2) is 10.7 Å². The Bertz CT molecular complexity index is 465. The van der Waals surface area contributed by atoms with Crippen LogP contribution in [0.4, 0.5) is 0 Å². The second-order valence-corrected chi connectivity index (χ2v) is 7.02. The van der Waals surface area contributed by atoms with E-state index in [1.165, 1.54) is 48.8 Å². The summed E-state index contributed by atoms with van der Waals surface area (Å²) in [6.45, 7) is 4.50. The van der Waals surface area contributed by atoms with E-state index in [0.717, 1.165) is 12.8 Å². The summed E-state index contributed by atoms with van der Waals surface area (Å²) < 4.78 is 0. The molecule has 2 aliphatic rings. The predicted molar refractivity (Wildman–Crippen MR) is 79.3 cm³/mol. The molecule has 0 amide bonds. The second kappa shape index (κ2) is 4.94. The van der Waals surface area contributed by atoms with Gasteiger partial charge < -0.3 is 5.11 Å². The molecule has 0 heterocycles. The lowest BCUT2D eigenvalue weighted by molar-refractivity contribution is -0.0560. The first-order valence-electron chi connectivity index (χ1n) is 7.90. The first-order chi connectivity index (χ1) is 9.07. The van der Waals surface area contributed by atoms with Crippen LogP contribution in [0.5, 0.6) is 0 Å². The van der Waals surface area contributed by atoms with E-state index in [4.69, 9.17) is 0 Å². The number of aryl methyl sites for hydroxylation is 2. The van der Waals surface area contributed by atoms with Crippen LogP contribution in [0.2, 0.25) is 0 Å². The molecule has 104 valence electrons. The van der Waals surface area contributed by atoms with Crippen LogP contribution >= 0.6 is 0 Å². The Morgan fingerprint density at radius 2 is 1.95 bits per heavy atom. The van der Waals surface area contributed by atoms with Gasteiger partial charge in [0.05, 0.1) is 5.60 Å². The molecule has 2 aliphatic carbocycles. The van der Waals surface area contributed by atoms with Gasteiger partial charge in [0.25, 0.3) is 0 Å². The smallest absolute Gasteiger partial charge is 0.0715 e. The summed E-state index contributed by atoms with van der Waals surface area (Å²) >= 11 is 0. The molecule has 3 rings (SSSR count). The molecule has 3 unspecified atom stereocenters. The molecule has 1 aromatic carbocycles. The second-order valence-electron chi connectivity index (χ2n) is 7.02. The van der Waals surface area contributed by atoms with Crippen LogP contribution in [0.3, 0.4) is 0 Å². The van der Waals surface area contributed by atoms with Gasteiger partial charge in [-0.25, -0.2) is 0 Å². The Morgan fingerprint density at radius 1 is 1.16 bits per heavy atom. The van der Waals surface area contributed by atoms with Gasteiger partial charge in [-0.05, 0) is 60.6 Å². The average molecular weight is 258 g/mol. The predicted octanol–water partition coefficient (Wildman–Crippen LogP) is 3.91. The Balaban J connectivity index is 1.79. The van der Waals surface area contributed by atoms with Gasteiger partial charge >= 0.3 is 0 Å². The molecule has 0 bridgehead atoms. The van der Waals surface area contributed by atoms with Crippen molar-refractivity contribution in [2.75, 3.05) is 0 Å². The Hall–Kier alpha value is -0.820. The van der Waals surface area contributed by atoms with Gasteiger partial charge in [0.15, 0.2) is 0 Å². The van der Waals surface area contributed by atoms with Crippen LogP contribution in [0.25, 0.3) is 0 Å². The van der Waals surface area contributed by atoms with Crippen molar-refractivity contribution < 1.29 is 5.11 Å². The molecule has 1 saturated carbocycles. The SMILES string of the molecule is CC1CCC(C)C(O)(Cc2ccc3c(c2)CCC3)C1. The average Bonchev–Trinajstić information content (AvgIpc) is 2.81. The third-order valence-corrected chi connectivity index (χ3v) is 5.38. The zero-order valence-electron chi connectivity index (χ0n) is 12.3. The van der Waals surface area contributed by atoms with Gasteiger partial charge in [-0.1, -0.05) is 38.5 Å². The standard InChI is InChI=1S/C18H26O/c1-13-6-7-14(2)18(19,11-13)12-15-8-9-16-4-3-5-17(16)10-15/h8-10,13-14,19H,3-7,11-12H2,1-2H3. The van der Waals surface area contributed by atoms with E-state index in [2.05, 4.69) is 32.0 Å². The molecule has 0 spiro atoms. The molecule has 19 heavy (non-hydrogen) atoms. The minimum absolute atomic E-state index is 0.428. The molecule has 0 aliphatic heterocycles. The van der Waals surface area contributed by atoms with Crippen LogP contribution in [0.15, 0.2) is 18.2 Å². The molecule has 1 heteroatoms. The first-order valence-corrected chi connectivity index (χ1v) is 7.90.